The Morgan fingerprint density at radius 3 is 1.78 bits per heavy atom. The van der Waals surface area contributed by atoms with Crippen molar-refractivity contribution >= 4 is 53.1 Å². The van der Waals surface area contributed by atoms with Crippen LogP contribution in [0.1, 0.15) is 0 Å². The van der Waals surface area contributed by atoms with Crippen molar-refractivity contribution in [1.29, 1.82) is 0 Å². The molecule has 0 radical (unpaired) electrons. The lowest BCUT2D eigenvalue weighted by atomic mass is 9.96. The summed E-state index contributed by atoms with van der Waals surface area (Å²) in [5.74, 6) is 0.728. The molecule has 9 rings (SSSR count). The largest absolute Gasteiger partial charge is 0.228 e. The van der Waals surface area contributed by atoms with Crippen LogP contribution in [0.2, 0.25) is 0 Å². The highest BCUT2D eigenvalue weighted by molar-refractivity contribution is 7.26. The lowest BCUT2D eigenvalue weighted by Gasteiger charge is -2.10. The van der Waals surface area contributed by atoms with Crippen LogP contribution in [-0.4, -0.2) is 9.97 Å². The molecular formula is C42H26N2S. The predicted molar refractivity (Wildman–Crippen MR) is 192 cm³/mol. The molecule has 2 nitrogen and oxygen atoms in total. The number of benzene rings is 7. The van der Waals surface area contributed by atoms with Gasteiger partial charge in [-0.15, -0.1) is 11.3 Å². The molecule has 0 aliphatic carbocycles. The fraction of sp³-hybridized carbons (Fsp3) is 0. The summed E-state index contributed by atoms with van der Waals surface area (Å²) in [6.45, 7) is 0. The van der Waals surface area contributed by atoms with Gasteiger partial charge < -0.3 is 0 Å². The van der Waals surface area contributed by atoms with Crippen molar-refractivity contribution in [3.8, 4) is 45.0 Å². The van der Waals surface area contributed by atoms with Crippen molar-refractivity contribution in [2.45, 2.75) is 0 Å². The molecule has 0 unspecified atom stereocenters. The van der Waals surface area contributed by atoms with E-state index in [0.717, 1.165) is 33.9 Å². The van der Waals surface area contributed by atoms with Gasteiger partial charge in [0.2, 0.25) is 0 Å². The second kappa shape index (κ2) is 10.5. The first-order valence-electron chi connectivity index (χ1n) is 15.2. The van der Waals surface area contributed by atoms with Gasteiger partial charge in [-0.2, -0.15) is 0 Å². The first kappa shape index (κ1) is 25.8. The minimum Gasteiger partial charge on any atom is -0.228 e. The summed E-state index contributed by atoms with van der Waals surface area (Å²) in [4.78, 5) is 9.98. The summed E-state index contributed by atoms with van der Waals surface area (Å²) in [6.07, 6.45) is 0. The highest BCUT2D eigenvalue weighted by atomic mass is 32.1. The monoisotopic (exact) mass is 590 g/mol. The zero-order chi connectivity index (χ0) is 29.7. The number of hydrogen-bond acceptors (Lipinski definition) is 3. The molecule has 0 saturated heterocycles. The molecule has 0 saturated carbocycles. The topological polar surface area (TPSA) is 25.8 Å². The lowest BCUT2D eigenvalue weighted by molar-refractivity contribution is 1.18. The Morgan fingerprint density at radius 2 is 1.00 bits per heavy atom. The van der Waals surface area contributed by atoms with E-state index in [1.165, 1.54) is 52.8 Å². The van der Waals surface area contributed by atoms with Crippen LogP contribution in [0.4, 0.5) is 0 Å². The summed E-state index contributed by atoms with van der Waals surface area (Å²) in [7, 11) is 0. The van der Waals surface area contributed by atoms with E-state index in [1.54, 1.807) is 0 Å². The maximum atomic E-state index is 5.03. The smallest absolute Gasteiger partial charge is 0.160 e. The zero-order valence-electron chi connectivity index (χ0n) is 24.3. The molecule has 0 atom stereocenters. The maximum Gasteiger partial charge on any atom is 0.160 e. The Balaban J connectivity index is 1.18. The molecule has 0 spiro atoms. The number of hydrogen-bond donors (Lipinski definition) is 0. The molecule has 2 heterocycles. The highest BCUT2D eigenvalue weighted by Gasteiger charge is 2.15. The molecule has 3 heteroatoms. The standard InChI is InChI=1S/C42H26N2S/c1-3-11-29(12-4-1)36-26-37(44-42(43-36)32-13-5-2-6-14-32)30-21-18-28(19-22-30)34-16-9-17-35-40-38(45-41(34)35)25-24-31-23-20-27-10-7-8-15-33(27)39(31)40/h1-26H. The maximum absolute atomic E-state index is 5.03. The van der Waals surface area contributed by atoms with Crippen molar-refractivity contribution in [2.75, 3.05) is 0 Å². The van der Waals surface area contributed by atoms with Crippen LogP contribution in [0, 0.1) is 0 Å². The number of aromatic nitrogens is 2. The van der Waals surface area contributed by atoms with Gasteiger partial charge in [0.25, 0.3) is 0 Å². The Labute approximate surface area is 264 Å². The van der Waals surface area contributed by atoms with Gasteiger partial charge >= 0.3 is 0 Å². The quantitative estimate of drug-likeness (QED) is 0.191. The van der Waals surface area contributed by atoms with Gasteiger partial charge in [-0.25, -0.2) is 9.97 Å². The van der Waals surface area contributed by atoms with Crippen LogP contribution in [0.25, 0.3) is 86.7 Å². The second-order valence-electron chi connectivity index (χ2n) is 11.4. The highest BCUT2D eigenvalue weighted by Crippen LogP contribution is 2.44. The van der Waals surface area contributed by atoms with Crippen LogP contribution >= 0.6 is 11.3 Å². The predicted octanol–water partition coefficient (Wildman–Crippen LogP) is 11.8. The Morgan fingerprint density at radius 1 is 0.400 bits per heavy atom. The Bertz CT molecular complexity index is 2460. The Kier molecular flexibility index (Phi) is 6.03. The van der Waals surface area contributed by atoms with Crippen LogP contribution in [0.5, 0.6) is 0 Å². The van der Waals surface area contributed by atoms with E-state index in [1.807, 2.05) is 47.7 Å². The van der Waals surface area contributed by atoms with Gasteiger partial charge in [0.15, 0.2) is 5.82 Å². The number of fused-ring (bicyclic) bond motifs is 7. The first-order valence-corrected chi connectivity index (χ1v) is 16.0. The van der Waals surface area contributed by atoms with E-state index in [4.69, 9.17) is 9.97 Å². The third-order valence-electron chi connectivity index (χ3n) is 8.69. The van der Waals surface area contributed by atoms with Crippen LogP contribution in [-0.2, 0) is 0 Å². The summed E-state index contributed by atoms with van der Waals surface area (Å²) >= 11 is 1.89. The van der Waals surface area contributed by atoms with E-state index in [2.05, 4.69) is 121 Å². The molecule has 45 heavy (non-hydrogen) atoms. The number of nitrogens with zero attached hydrogens (tertiary/aromatic N) is 2. The molecular weight excluding hydrogens is 565 g/mol. The zero-order valence-corrected chi connectivity index (χ0v) is 25.1. The molecule has 2 aromatic heterocycles. The molecule has 0 amide bonds. The van der Waals surface area contributed by atoms with Crippen molar-refractivity contribution in [1.82, 2.24) is 9.97 Å². The molecule has 0 aliphatic rings. The molecule has 0 fully saturated rings. The van der Waals surface area contributed by atoms with E-state index >= 15 is 0 Å². The minimum atomic E-state index is 0.728. The van der Waals surface area contributed by atoms with Gasteiger partial charge in [-0.3, -0.25) is 0 Å². The lowest BCUT2D eigenvalue weighted by Crippen LogP contribution is -1.95. The van der Waals surface area contributed by atoms with Gasteiger partial charge in [-0.05, 0) is 44.8 Å². The van der Waals surface area contributed by atoms with Crippen molar-refractivity contribution in [2.24, 2.45) is 0 Å². The molecule has 7 aromatic carbocycles. The van der Waals surface area contributed by atoms with Gasteiger partial charge in [-0.1, -0.05) is 146 Å². The third-order valence-corrected chi connectivity index (χ3v) is 9.89. The van der Waals surface area contributed by atoms with Crippen molar-refractivity contribution in [3.05, 3.63) is 158 Å². The van der Waals surface area contributed by atoms with Crippen molar-refractivity contribution < 1.29 is 0 Å². The first-order chi connectivity index (χ1) is 22.3. The molecule has 0 N–H and O–H groups in total. The molecule has 9 aromatic rings. The number of thiophene rings is 1. The summed E-state index contributed by atoms with van der Waals surface area (Å²) < 4.78 is 2.64. The van der Waals surface area contributed by atoms with Crippen LogP contribution in [0.15, 0.2) is 158 Å². The average Bonchev–Trinajstić information content (AvgIpc) is 3.51. The fourth-order valence-electron chi connectivity index (χ4n) is 6.50. The summed E-state index contributed by atoms with van der Waals surface area (Å²) in [5, 5.41) is 7.88. The molecule has 0 aliphatic heterocycles. The van der Waals surface area contributed by atoms with Gasteiger partial charge in [0.1, 0.15) is 0 Å². The van der Waals surface area contributed by atoms with Crippen LogP contribution < -0.4 is 0 Å². The third kappa shape index (κ3) is 4.40. The molecule has 0 bridgehead atoms. The van der Waals surface area contributed by atoms with E-state index in [-0.39, 0.29) is 0 Å². The minimum absolute atomic E-state index is 0.728. The van der Waals surface area contributed by atoms with E-state index < -0.39 is 0 Å². The van der Waals surface area contributed by atoms with Crippen molar-refractivity contribution in [3.63, 3.8) is 0 Å². The van der Waals surface area contributed by atoms with E-state index in [9.17, 15) is 0 Å². The normalized spacial score (nSPS) is 11.6. The SMILES string of the molecule is c1ccc(-c2cc(-c3ccc(-c4cccc5c4sc4ccc6ccc7ccccc7c6c45)cc3)nc(-c3ccccc3)n2)cc1. The summed E-state index contributed by atoms with van der Waals surface area (Å²) in [5.41, 5.74) is 7.43. The Hall–Kier alpha value is -5.64. The number of rotatable bonds is 4. The second-order valence-corrected chi connectivity index (χ2v) is 12.4. The fourth-order valence-corrected chi connectivity index (χ4v) is 7.75. The average molecular weight is 591 g/mol. The molecule has 210 valence electrons. The summed E-state index contributed by atoms with van der Waals surface area (Å²) in [6, 6.07) is 56.0. The van der Waals surface area contributed by atoms with Gasteiger partial charge in [0.05, 0.1) is 11.4 Å². The van der Waals surface area contributed by atoms with Crippen LogP contribution in [0.3, 0.4) is 0 Å². The van der Waals surface area contributed by atoms with E-state index in [0.29, 0.717) is 0 Å². The van der Waals surface area contributed by atoms with Gasteiger partial charge in [0, 0.05) is 36.9 Å².